The van der Waals surface area contributed by atoms with Gasteiger partial charge in [-0.3, -0.25) is 19.7 Å². The molecule has 0 bridgehead atoms. The van der Waals surface area contributed by atoms with E-state index in [1.807, 2.05) is 0 Å². The minimum absolute atomic E-state index is 0.0392. The van der Waals surface area contributed by atoms with Gasteiger partial charge < -0.3 is 14.6 Å². The Hall–Kier alpha value is -2.00. The van der Waals surface area contributed by atoms with Crippen molar-refractivity contribution in [2.45, 2.75) is 13.3 Å². The number of carbonyl (C=O) groups excluding carboxylic acids is 2. The molecule has 0 spiro atoms. The molecule has 0 aliphatic heterocycles. The third kappa shape index (κ3) is 4.50. The fourth-order valence-corrected chi connectivity index (χ4v) is 2.58. The largest absolute Gasteiger partial charge is 0.477 e. The molecule has 0 aliphatic rings. The molecule has 1 aromatic rings. The van der Waals surface area contributed by atoms with Crippen molar-refractivity contribution in [2.75, 3.05) is 20.3 Å². The average molecular weight is 317 g/mol. The van der Waals surface area contributed by atoms with Gasteiger partial charge in [0.2, 0.25) is 0 Å². The molecule has 1 rings (SSSR count). The zero-order valence-corrected chi connectivity index (χ0v) is 12.3. The molecule has 0 saturated carbocycles. The molecule has 0 radical (unpaired) electrons. The number of rotatable bonds is 8. The summed E-state index contributed by atoms with van der Waals surface area (Å²) < 4.78 is 9.52. The number of carbonyl (C=O) groups is 2. The van der Waals surface area contributed by atoms with Crippen LogP contribution in [0.5, 0.6) is 5.06 Å². The van der Waals surface area contributed by atoms with E-state index < -0.39 is 22.6 Å². The molecule has 0 fully saturated rings. The minimum atomic E-state index is -0.662. The second kappa shape index (κ2) is 7.70. The van der Waals surface area contributed by atoms with Crippen LogP contribution in [0.15, 0.2) is 6.07 Å². The SMILES string of the molecule is COC(=O)CC(C)C(=O)c1cc([N+](=O)[O-])c(OCCO)s1. The van der Waals surface area contributed by atoms with Gasteiger partial charge >= 0.3 is 11.7 Å². The second-order valence-electron chi connectivity index (χ2n) is 4.16. The lowest BCUT2D eigenvalue weighted by Gasteiger charge is -2.06. The number of nitro groups is 1. The third-order valence-corrected chi connectivity index (χ3v) is 3.64. The first-order valence-electron chi connectivity index (χ1n) is 6.03. The number of thiophene rings is 1. The summed E-state index contributed by atoms with van der Waals surface area (Å²) in [6.07, 6.45) is -0.103. The van der Waals surface area contributed by atoms with Crippen LogP contribution in [0.1, 0.15) is 23.0 Å². The number of methoxy groups -OCH3 is 1. The van der Waals surface area contributed by atoms with Crippen LogP contribution >= 0.6 is 11.3 Å². The minimum Gasteiger partial charge on any atom is -0.477 e. The summed E-state index contributed by atoms with van der Waals surface area (Å²) in [6.45, 7) is 1.14. The predicted octanol–water partition coefficient (Wildman–Crippen LogP) is 1.41. The molecule has 1 heterocycles. The van der Waals surface area contributed by atoms with Crippen molar-refractivity contribution < 1.29 is 29.1 Å². The summed E-state index contributed by atoms with van der Waals surface area (Å²) >= 11 is 0.822. The highest BCUT2D eigenvalue weighted by molar-refractivity contribution is 7.16. The molecule has 1 N–H and O–H groups in total. The Labute approximate surface area is 124 Å². The van der Waals surface area contributed by atoms with Gasteiger partial charge in [-0.15, -0.1) is 0 Å². The van der Waals surface area contributed by atoms with Crippen molar-refractivity contribution in [3.63, 3.8) is 0 Å². The van der Waals surface area contributed by atoms with Crippen molar-refractivity contribution in [2.24, 2.45) is 5.92 Å². The van der Waals surface area contributed by atoms with Crippen LogP contribution in [0, 0.1) is 16.0 Å². The summed E-state index contributed by atoms with van der Waals surface area (Å²) in [7, 11) is 1.22. The Morgan fingerprint density at radius 2 is 2.19 bits per heavy atom. The lowest BCUT2D eigenvalue weighted by atomic mass is 10.0. The van der Waals surface area contributed by atoms with E-state index in [2.05, 4.69) is 4.74 Å². The normalized spacial score (nSPS) is 11.8. The van der Waals surface area contributed by atoms with Gasteiger partial charge in [-0.2, -0.15) is 0 Å². The van der Waals surface area contributed by atoms with E-state index >= 15 is 0 Å². The highest BCUT2D eigenvalue weighted by Crippen LogP contribution is 2.38. The first-order valence-corrected chi connectivity index (χ1v) is 6.85. The van der Waals surface area contributed by atoms with E-state index in [1.54, 1.807) is 6.92 Å². The number of aliphatic hydroxyl groups excluding tert-OH is 1. The monoisotopic (exact) mass is 317 g/mol. The predicted molar refractivity (Wildman–Crippen MR) is 73.7 cm³/mol. The van der Waals surface area contributed by atoms with E-state index in [0.717, 1.165) is 17.4 Å². The number of nitrogens with zero attached hydrogens (tertiary/aromatic N) is 1. The van der Waals surface area contributed by atoms with E-state index in [-0.39, 0.29) is 35.3 Å². The van der Waals surface area contributed by atoms with Crippen LogP contribution < -0.4 is 4.74 Å². The number of aliphatic hydroxyl groups is 1. The highest BCUT2D eigenvalue weighted by Gasteiger charge is 2.27. The van der Waals surface area contributed by atoms with Crippen molar-refractivity contribution in [3.8, 4) is 5.06 Å². The fourth-order valence-electron chi connectivity index (χ4n) is 1.52. The molecule has 0 amide bonds. The Bertz CT molecular complexity index is 540. The number of ketones is 1. The van der Waals surface area contributed by atoms with E-state index in [9.17, 15) is 19.7 Å². The standard InChI is InChI=1S/C12H15NO7S/c1-7(5-10(15)19-2)11(16)9-6-8(13(17)18)12(21-9)20-4-3-14/h6-7,14H,3-5H2,1-2H3. The van der Waals surface area contributed by atoms with Crippen LogP contribution in [0.2, 0.25) is 0 Å². The molecular formula is C12H15NO7S. The first-order chi connectivity index (χ1) is 9.90. The lowest BCUT2D eigenvalue weighted by Crippen LogP contribution is -2.15. The summed E-state index contributed by atoms with van der Waals surface area (Å²) in [5, 5.41) is 19.5. The van der Waals surface area contributed by atoms with Crippen molar-refractivity contribution in [1.82, 2.24) is 0 Å². The van der Waals surface area contributed by atoms with E-state index in [0.29, 0.717) is 0 Å². The number of ether oxygens (including phenoxy) is 2. The quantitative estimate of drug-likeness (QED) is 0.333. The van der Waals surface area contributed by atoms with Crippen molar-refractivity contribution in [1.29, 1.82) is 0 Å². The Kier molecular flexibility index (Phi) is 6.25. The number of Topliss-reactive ketones (excluding diaryl/α,β-unsaturated/α-hetero) is 1. The van der Waals surface area contributed by atoms with Crippen LogP contribution in [-0.2, 0) is 9.53 Å². The van der Waals surface area contributed by atoms with Gasteiger partial charge in [0.05, 0.1) is 29.9 Å². The molecular weight excluding hydrogens is 302 g/mol. The van der Waals surface area contributed by atoms with Crippen molar-refractivity contribution in [3.05, 3.63) is 21.1 Å². The van der Waals surface area contributed by atoms with Gasteiger partial charge in [-0.25, -0.2) is 0 Å². The first kappa shape index (κ1) is 17.1. The summed E-state index contributed by atoms with van der Waals surface area (Å²) in [4.78, 5) is 33.6. The third-order valence-electron chi connectivity index (χ3n) is 2.59. The molecule has 9 heteroatoms. The van der Waals surface area contributed by atoms with Crippen LogP contribution in [-0.4, -0.2) is 42.1 Å². The Morgan fingerprint density at radius 1 is 1.52 bits per heavy atom. The van der Waals surface area contributed by atoms with Crippen LogP contribution in [0.25, 0.3) is 0 Å². The van der Waals surface area contributed by atoms with E-state index in [4.69, 9.17) is 9.84 Å². The zero-order valence-electron chi connectivity index (χ0n) is 11.5. The zero-order chi connectivity index (χ0) is 16.0. The topological polar surface area (TPSA) is 116 Å². The fraction of sp³-hybridized carbons (Fsp3) is 0.500. The molecule has 21 heavy (non-hydrogen) atoms. The van der Waals surface area contributed by atoms with Gasteiger partial charge in [0.1, 0.15) is 6.61 Å². The lowest BCUT2D eigenvalue weighted by molar-refractivity contribution is -0.385. The average Bonchev–Trinajstić information content (AvgIpc) is 2.88. The molecule has 1 atom stereocenters. The summed E-state index contributed by atoms with van der Waals surface area (Å²) in [5.41, 5.74) is -0.331. The van der Waals surface area contributed by atoms with Crippen LogP contribution in [0.3, 0.4) is 0 Å². The smallest absolute Gasteiger partial charge is 0.323 e. The van der Waals surface area contributed by atoms with Crippen LogP contribution in [0.4, 0.5) is 5.69 Å². The molecule has 1 unspecified atom stereocenters. The second-order valence-corrected chi connectivity index (χ2v) is 5.17. The van der Waals surface area contributed by atoms with Gasteiger partial charge in [0.25, 0.3) is 5.06 Å². The van der Waals surface area contributed by atoms with E-state index in [1.165, 1.54) is 7.11 Å². The van der Waals surface area contributed by atoms with Gasteiger partial charge in [0.15, 0.2) is 5.78 Å². The van der Waals surface area contributed by atoms with Gasteiger partial charge in [-0.05, 0) is 0 Å². The highest BCUT2D eigenvalue weighted by atomic mass is 32.1. The molecule has 1 aromatic heterocycles. The molecule has 8 nitrogen and oxygen atoms in total. The summed E-state index contributed by atoms with van der Waals surface area (Å²) in [5.74, 6) is -1.58. The Morgan fingerprint density at radius 3 is 2.71 bits per heavy atom. The maximum absolute atomic E-state index is 12.1. The number of hydrogen-bond donors (Lipinski definition) is 1. The Balaban J connectivity index is 2.94. The van der Waals surface area contributed by atoms with Gasteiger partial charge in [-0.1, -0.05) is 18.3 Å². The van der Waals surface area contributed by atoms with Crippen molar-refractivity contribution >= 4 is 28.8 Å². The number of hydrogen-bond acceptors (Lipinski definition) is 8. The molecule has 0 aromatic carbocycles. The molecule has 0 saturated heterocycles. The molecule has 0 aliphatic carbocycles. The maximum Gasteiger partial charge on any atom is 0.323 e. The summed E-state index contributed by atoms with van der Waals surface area (Å²) in [6, 6.07) is 1.12. The molecule has 116 valence electrons. The van der Waals surface area contributed by atoms with Gasteiger partial charge in [0, 0.05) is 12.0 Å². The maximum atomic E-state index is 12.1. The number of esters is 1.